The minimum Gasteiger partial charge on any atom is -0.342 e. The van der Waals surface area contributed by atoms with Crippen LogP contribution < -0.4 is 0 Å². The molecule has 1 N–H and O–H groups in total. The number of pyridine rings is 1. The van der Waals surface area contributed by atoms with E-state index in [0.717, 1.165) is 58.4 Å². The van der Waals surface area contributed by atoms with Gasteiger partial charge in [0.1, 0.15) is 0 Å². The van der Waals surface area contributed by atoms with E-state index in [2.05, 4.69) is 21.2 Å². The molecule has 1 aliphatic rings. The molecule has 2 aromatic heterocycles. The van der Waals surface area contributed by atoms with E-state index in [1.54, 1.807) is 6.20 Å². The first kappa shape index (κ1) is 19.6. The van der Waals surface area contributed by atoms with Crippen LogP contribution in [0.3, 0.4) is 0 Å². The maximum Gasteiger partial charge on any atom is 0.254 e. The second-order valence-corrected chi connectivity index (χ2v) is 8.10. The number of carbonyl (C=O) groups excluding carboxylic acids is 1. The Hall–Kier alpha value is -2.73. The maximum absolute atomic E-state index is 13.5. The number of aromatic amines is 1. The van der Waals surface area contributed by atoms with Crippen molar-refractivity contribution < 1.29 is 4.79 Å². The molecule has 0 atom stereocenters. The van der Waals surface area contributed by atoms with Gasteiger partial charge in [-0.3, -0.25) is 9.89 Å². The summed E-state index contributed by atoms with van der Waals surface area (Å²) in [7, 11) is 1.91. The van der Waals surface area contributed by atoms with Gasteiger partial charge in [0.25, 0.3) is 5.91 Å². The first-order valence-electron chi connectivity index (χ1n) is 10.4. The third-order valence-corrected chi connectivity index (χ3v) is 5.88. The van der Waals surface area contributed by atoms with Gasteiger partial charge in [0.2, 0.25) is 0 Å². The average molecular weight is 392 g/mol. The molecular formula is C23H29N5O. The topological polar surface area (TPSA) is 65.1 Å². The molecule has 1 amide bonds. The van der Waals surface area contributed by atoms with E-state index in [1.165, 1.54) is 25.9 Å². The van der Waals surface area contributed by atoms with Gasteiger partial charge in [0, 0.05) is 30.7 Å². The van der Waals surface area contributed by atoms with Crippen molar-refractivity contribution in [2.75, 3.05) is 33.2 Å². The second-order valence-electron chi connectivity index (χ2n) is 8.10. The van der Waals surface area contributed by atoms with Crippen molar-refractivity contribution >= 4 is 16.8 Å². The highest BCUT2D eigenvalue weighted by Crippen LogP contribution is 2.30. The second kappa shape index (κ2) is 8.33. The molecule has 3 aromatic rings. The number of aryl methyl sites for hydroxylation is 1. The lowest BCUT2D eigenvalue weighted by Crippen LogP contribution is -2.31. The number of rotatable bonds is 6. The minimum atomic E-state index is 0.0617. The molecule has 29 heavy (non-hydrogen) atoms. The fraction of sp³-hybridized carbons (Fsp3) is 0.435. The van der Waals surface area contributed by atoms with Crippen molar-refractivity contribution in [3.8, 4) is 11.3 Å². The predicted octanol–water partition coefficient (Wildman–Crippen LogP) is 3.80. The van der Waals surface area contributed by atoms with Crippen LogP contribution in [0, 0.1) is 13.8 Å². The normalized spacial score (nSPS) is 14.6. The zero-order valence-electron chi connectivity index (χ0n) is 17.5. The summed E-state index contributed by atoms with van der Waals surface area (Å²) >= 11 is 0. The van der Waals surface area contributed by atoms with E-state index in [-0.39, 0.29) is 5.91 Å². The number of hydrogen-bond donors (Lipinski definition) is 1. The number of carbonyl (C=O) groups is 1. The lowest BCUT2D eigenvalue weighted by atomic mass is 9.97. The molecule has 0 radical (unpaired) electrons. The molecule has 6 heteroatoms. The van der Waals surface area contributed by atoms with Crippen LogP contribution in [0.5, 0.6) is 0 Å². The number of fused-ring (bicyclic) bond motifs is 1. The third kappa shape index (κ3) is 4.03. The monoisotopic (exact) mass is 391 g/mol. The zero-order chi connectivity index (χ0) is 20.4. The van der Waals surface area contributed by atoms with Crippen LogP contribution in [0.1, 0.15) is 40.7 Å². The molecule has 0 unspecified atom stereocenters. The number of benzene rings is 1. The largest absolute Gasteiger partial charge is 0.342 e. The lowest BCUT2D eigenvalue weighted by molar-refractivity contribution is 0.0791. The summed E-state index contributed by atoms with van der Waals surface area (Å²) in [5, 5.41) is 7.83. The summed E-state index contributed by atoms with van der Waals surface area (Å²) in [6.45, 7) is 8.24. The molecule has 0 spiro atoms. The number of aromatic nitrogens is 3. The number of nitrogens with one attached hydrogen (secondary N) is 1. The molecule has 1 saturated heterocycles. The molecule has 152 valence electrons. The highest BCUT2D eigenvalue weighted by atomic mass is 16.2. The Balaban J connectivity index is 1.66. The Morgan fingerprint density at radius 1 is 1.24 bits per heavy atom. The van der Waals surface area contributed by atoms with Gasteiger partial charge in [-0.25, -0.2) is 4.98 Å². The molecule has 0 bridgehead atoms. The molecular weight excluding hydrogens is 362 g/mol. The summed E-state index contributed by atoms with van der Waals surface area (Å²) in [5.41, 5.74) is 5.32. The Kier molecular flexibility index (Phi) is 5.62. The number of nitrogens with zero attached hydrogens (tertiary/aromatic N) is 4. The fourth-order valence-electron chi connectivity index (χ4n) is 4.24. The Bertz CT molecular complexity index is 1010. The van der Waals surface area contributed by atoms with Gasteiger partial charge in [-0.1, -0.05) is 11.6 Å². The lowest BCUT2D eigenvalue weighted by Gasteiger charge is -2.22. The van der Waals surface area contributed by atoms with E-state index in [4.69, 9.17) is 4.98 Å². The predicted molar refractivity (Wildman–Crippen MR) is 116 cm³/mol. The van der Waals surface area contributed by atoms with Crippen molar-refractivity contribution in [1.82, 2.24) is 25.0 Å². The highest BCUT2D eigenvalue weighted by molar-refractivity contribution is 6.09. The fourth-order valence-corrected chi connectivity index (χ4v) is 4.24. The molecule has 4 rings (SSSR count). The summed E-state index contributed by atoms with van der Waals surface area (Å²) in [6, 6.07) is 6.11. The standard InChI is InChI=1S/C23H29N5O/c1-16-7-8-20-19(13-16)21(17(2)22(26-20)18-14-24-25-15-18)23(29)27(3)9-6-12-28-10-4-5-11-28/h7-8,13-15H,4-6,9-12H2,1-3H3,(H,24,25). The minimum absolute atomic E-state index is 0.0617. The van der Waals surface area contributed by atoms with Crippen LogP contribution in [0.2, 0.25) is 0 Å². The zero-order valence-corrected chi connectivity index (χ0v) is 17.5. The van der Waals surface area contributed by atoms with E-state index < -0.39 is 0 Å². The van der Waals surface area contributed by atoms with E-state index in [0.29, 0.717) is 0 Å². The van der Waals surface area contributed by atoms with Gasteiger partial charge >= 0.3 is 0 Å². The Morgan fingerprint density at radius 3 is 2.76 bits per heavy atom. The highest BCUT2D eigenvalue weighted by Gasteiger charge is 2.22. The quantitative estimate of drug-likeness (QED) is 0.694. The molecule has 1 fully saturated rings. The smallest absolute Gasteiger partial charge is 0.254 e. The van der Waals surface area contributed by atoms with Crippen LogP contribution in [-0.4, -0.2) is 64.1 Å². The van der Waals surface area contributed by atoms with Crippen LogP contribution >= 0.6 is 0 Å². The van der Waals surface area contributed by atoms with Gasteiger partial charge in [-0.05, 0) is 70.4 Å². The van der Waals surface area contributed by atoms with Crippen molar-refractivity contribution in [1.29, 1.82) is 0 Å². The summed E-state index contributed by atoms with van der Waals surface area (Å²) in [4.78, 5) is 22.7. The third-order valence-electron chi connectivity index (χ3n) is 5.88. The van der Waals surface area contributed by atoms with Crippen LogP contribution in [0.4, 0.5) is 0 Å². The van der Waals surface area contributed by atoms with Crippen molar-refractivity contribution in [3.63, 3.8) is 0 Å². The van der Waals surface area contributed by atoms with Crippen LogP contribution in [0.15, 0.2) is 30.6 Å². The number of hydrogen-bond acceptors (Lipinski definition) is 4. The number of H-pyrrole nitrogens is 1. The van der Waals surface area contributed by atoms with Gasteiger partial charge < -0.3 is 9.80 Å². The summed E-state index contributed by atoms with van der Waals surface area (Å²) in [6.07, 6.45) is 7.17. The average Bonchev–Trinajstić information content (AvgIpc) is 3.41. The SMILES string of the molecule is Cc1ccc2nc(-c3cn[nH]c3)c(C)c(C(=O)N(C)CCCN3CCCC3)c2c1. The number of amides is 1. The summed E-state index contributed by atoms with van der Waals surface area (Å²) < 4.78 is 0. The maximum atomic E-state index is 13.5. The van der Waals surface area contributed by atoms with E-state index in [1.807, 2.05) is 44.1 Å². The molecule has 6 nitrogen and oxygen atoms in total. The molecule has 3 heterocycles. The Labute approximate surface area is 171 Å². The summed E-state index contributed by atoms with van der Waals surface area (Å²) in [5.74, 6) is 0.0617. The van der Waals surface area contributed by atoms with Gasteiger partial charge in [-0.15, -0.1) is 0 Å². The van der Waals surface area contributed by atoms with Crippen molar-refractivity contribution in [3.05, 3.63) is 47.3 Å². The van der Waals surface area contributed by atoms with Crippen LogP contribution in [-0.2, 0) is 0 Å². The molecule has 0 saturated carbocycles. The van der Waals surface area contributed by atoms with Gasteiger partial charge in [0.15, 0.2) is 0 Å². The van der Waals surface area contributed by atoms with Gasteiger partial charge in [0.05, 0.1) is 23.0 Å². The first-order valence-corrected chi connectivity index (χ1v) is 10.4. The molecule has 1 aliphatic heterocycles. The molecule has 1 aromatic carbocycles. The van der Waals surface area contributed by atoms with Crippen molar-refractivity contribution in [2.45, 2.75) is 33.1 Å². The van der Waals surface area contributed by atoms with E-state index >= 15 is 0 Å². The first-order chi connectivity index (χ1) is 14.0. The van der Waals surface area contributed by atoms with Gasteiger partial charge in [-0.2, -0.15) is 5.10 Å². The molecule has 0 aliphatic carbocycles. The van der Waals surface area contributed by atoms with Crippen LogP contribution in [0.25, 0.3) is 22.2 Å². The number of likely N-dealkylation sites (tertiary alicyclic amines) is 1. The van der Waals surface area contributed by atoms with Crippen molar-refractivity contribution in [2.24, 2.45) is 0 Å². The van der Waals surface area contributed by atoms with E-state index in [9.17, 15) is 4.79 Å². The Morgan fingerprint density at radius 2 is 2.03 bits per heavy atom.